The maximum absolute atomic E-state index is 3.95. The van der Waals surface area contributed by atoms with Crippen molar-refractivity contribution in [1.29, 1.82) is 0 Å². The summed E-state index contributed by atoms with van der Waals surface area (Å²) >= 11 is 0. The Hall–Kier alpha value is -1.52. The van der Waals surface area contributed by atoms with Gasteiger partial charge in [0, 0.05) is 0 Å². The van der Waals surface area contributed by atoms with E-state index in [1.807, 2.05) is 6.92 Å². The van der Waals surface area contributed by atoms with Gasteiger partial charge in [-0.3, -0.25) is 0 Å². The number of aryl methyl sites for hydroxylation is 1. The summed E-state index contributed by atoms with van der Waals surface area (Å²) in [5, 5.41) is 10.0. The summed E-state index contributed by atoms with van der Waals surface area (Å²) in [4.78, 5) is 7.86. The van der Waals surface area contributed by atoms with Crippen molar-refractivity contribution in [3.63, 3.8) is 0 Å². The normalized spacial score (nSPS) is 10.5. The molecule has 1 N–H and O–H groups in total. The Morgan fingerprint density at radius 3 is 3.10 bits per heavy atom. The van der Waals surface area contributed by atoms with E-state index < -0.39 is 0 Å². The van der Waals surface area contributed by atoms with Gasteiger partial charge in [-0.1, -0.05) is 5.21 Å². The zero-order valence-electron chi connectivity index (χ0n) is 5.37. The van der Waals surface area contributed by atoms with E-state index in [0.717, 1.165) is 11.2 Å². The lowest BCUT2D eigenvalue weighted by Crippen LogP contribution is -1.84. The lowest BCUT2D eigenvalue weighted by molar-refractivity contribution is 0.954. The highest BCUT2D eigenvalue weighted by molar-refractivity contribution is 5.70. The smallest absolute Gasteiger partial charge is 0.179 e. The van der Waals surface area contributed by atoms with Crippen molar-refractivity contribution in [1.82, 2.24) is 25.4 Å². The van der Waals surface area contributed by atoms with E-state index in [0.29, 0.717) is 5.65 Å². The Labute approximate surface area is 56.5 Å². The van der Waals surface area contributed by atoms with Crippen molar-refractivity contribution >= 4 is 11.2 Å². The minimum absolute atomic E-state index is 0.688. The molecule has 2 aromatic heterocycles. The summed E-state index contributed by atoms with van der Waals surface area (Å²) in [6, 6.07) is 0. The van der Waals surface area contributed by atoms with Gasteiger partial charge in [0.25, 0.3) is 0 Å². The largest absolute Gasteiger partial charge is 0.240 e. The molecule has 0 aliphatic rings. The zero-order chi connectivity index (χ0) is 6.97. The number of aromatic amines is 1. The van der Waals surface area contributed by atoms with Crippen molar-refractivity contribution in [3.8, 4) is 0 Å². The molecule has 0 amide bonds. The van der Waals surface area contributed by atoms with Gasteiger partial charge in [-0.05, 0) is 6.92 Å². The highest BCUT2D eigenvalue weighted by Gasteiger charge is 2.00. The van der Waals surface area contributed by atoms with Crippen molar-refractivity contribution in [2.24, 2.45) is 0 Å². The van der Waals surface area contributed by atoms with Gasteiger partial charge in [-0.25, -0.2) is 15.1 Å². The number of hydrogen-bond donors (Lipinski definition) is 1. The minimum Gasteiger partial charge on any atom is -0.240 e. The molecule has 5 nitrogen and oxygen atoms in total. The quantitative estimate of drug-likeness (QED) is 0.554. The molecule has 0 aliphatic carbocycles. The molecular weight excluding hydrogens is 130 g/mol. The highest BCUT2D eigenvalue weighted by Crippen LogP contribution is 2.04. The molecule has 5 heteroatoms. The van der Waals surface area contributed by atoms with Gasteiger partial charge in [0.15, 0.2) is 11.2 Å². The van der Waals surface area contributed by atoms with Crippen LogP contribution in [0.25, 0.3) is 11.2 Å². The average molecular weight is 135 g/mol. The van der Waals surface area contributed by atoms with Crippen LogP contribution in [-0.2, 0) is 0 Å². The summed E-state index contributed by atoms with van der Waals surface area (Å²) < 4.78 is 0. The molecule has 0 saturated heterocycles. The standard InChI is InChI=1S/C5H5N5/c1-3-4-5(7-2-6-3)9-10-8-4/h2H,1H3,(H,6,7,8,9,10). The van der Waals surface area contributed by atoms with E-state index in [4.69, 9.17) is 0 Å². The average Bonchev–Trinajstić information content (AvgIpc) is 2.36. The van der Waals surface area contributed by atoms with E-state index in [2.05, 4.69) is 25.4 Å². The van der Waals surface area contributed by atoms with Gasteiger partial charge >= 0.3 is 0 Å². The lowest BCUT2D eigenvalue weighted by Gasteiger charge is -1.87. The molecule has 0 radical (unpaired) electrons. The summed E-state index contributed by atoms with van der Waals surface area (Å²) in [6.45, 7) is 1.87. The summed E-state index contributed by atoms with van der Waals surface area (Å²) in [5.41, 5.74) is 2.27. The number of hydrogen-bond acceptors (Lipinski definition) is 4. The van der Waals surface area contributed by atoms with Crippen LogP contribution >= 0.6 is 0 Å². The molecule has 0 spiro atoms. The second-order valence-corrected chi connectivity index (χ2v) is 1.97. The first kappa shape index (κ1) is 5.28. The molecule has 10 heavy (non-hydrogen) atoms. The van der Waals surface area contributed by atoms with Crippen molar-refractivity contribution in [3.05, 3.63) is 12.0 Å². The number of H-pyrrole nitrogens is 1. The van der Waals surface area contributed by atoms with E-state index in [9.17, 15) is 0 Å². The summed E-state index contributed by atoms with van der Waals surface area (Å²) in [5.74, 6) is 0. The Morgan fingerprint density at radius 2 is 2.30 bits per heavy atom. The minimum atomic E-state index is 0.688. The first-order valence-electron chi connectivity index (χ1n) is 2.86. The van der Waals surface area contributed by atoms with Crippen LogP contribution in [0.3, 0.4) is 0 Å². The van der Waals surface area contributed by atoms with Crippen LogP contribution in [-0.4, -0.2) is 25.4 Å². The highest BCUT2D eigenvalue weighted by atomic mass is 15.3. The van der Waals surface area contributed by atoms with Crippen molar-refractivity contribution in [2.45, 2.75) is 6.92 Å². The maximum atomic E-state index is 3.95. The molecule has 0 bridgehead atoms. The van der Waals surface area contributed by atoms with Gasteiger partial charge in [0.05, 0.1) is 5.69 Å². The van der Waals surface area contributed by atoms with E-state index >= 15 is 0 Å². The second kappa shape index (κ2) is 1.73. The van der Waals surface area contributed by atoms with E-state index in [1.54, 1.807) is 0 Å². The van der Waals surface area contributed by atoms with Crippen LogP contribution < -0.4 is 0 Å². The number of nitrogens with one attached hydrogen (secondary N) is 1. The zero-order valence-corrected chi connectivity index (χ0v) is 5.37. The van der Waals surface area contributed by atoms with Gasteiger partial charge in [-0.2, -0.15) is 0 Å². The van der Waals surface area contributed by atoms with Gasteiger partial charge < -0.3 is 0 Å². The van der Waals surface area contributed by atoms with Crippen LogP contribution in [0, 0.1) is 6.92 Å². The lowest BCUT2D eigenvalue weighted by atomic mass is 10.4. The molecule has 2 aromatic rings. The third kappa shape index (κ3) is 0.570. The van der Waals surface area contributed by atoms with Gasteiger partial charge in [-0.15, -0.1) is 5.10 Å². The Bertz CT molecular complexity index is 352. The third-order valence-corrected chi connectivity index (χ3v) is 1.31. The summed E-state index contributed by atoms with van der Waals surface area (Å²) in [6.07, 6.45) is 1.48. The van der Waals surface area contributed by atoms with Crippen LogP contribution in [0.2, 0.25) is 0 Å². The van der Waals surface area contributed by atoms with Gasteiger partial charge in [0.2, 0.25) is 0 Å². The first-order valence-corrected chi connectivity index (χ1v) is 2.86. The number of fused-ring (bicyclic) bond motifs is 1. The fourth-order valence-corrected chi connectivity index (χ4v) is 0.791. The molecule has 2 heterocycles. The van der Waals surface area contributed by atoms with Gasteiger partial charge in [0.1, 0.15) is 6.33 Å². The number of nitrogens with zero attached hydrogens (tertiary/aromatic N) is 4. The predicted molar refractivity (Wildman–Crippen MR) is 34.2 cm³/mol. The molecule has 2 rings (SSSR count). The molecule has 0 fully saturated rings. The SMILES string of the molecule is Cc1ncnc2[nH]nnc12. The Morgan fingerprint density at radius 1 is 1.40 bits per heavy atom. The van der Waals surface area contributed by atoms with Crippen LogP contribution in [0.4, 0.5) is 0 Å². The van der Waals surface area contributed by atoms with Crippen LogP contribution in [0.15, 0.2) is 6.33 Å². The first-order chi connectivity index (χ1) is 4.88. The van der Waals surface area contributed by atoms with E-state index in [1.165, 1.54) is 6.33 Å². The molecule has 0 unspecified atom stereocenters. The molecular formula is C5H5N5. The topological polar surface area (TPSA) is 67.3 Å². The van der Waals surface area contributed by atoms with Crippen LogP contribution in [0.5, 0.6) is 0 Å². The molecule has 0 saturated carbocycles. The monoisotopic (exact) mass is 135 g/mol. The maximum Gasteiger partial charge on any atom is 0.179 e. The molecule has 0 aromatic carbocycles. The Balaban J connectivity index is 2.95. The van der Waals surface area contributed by atoms with E-state index in [-0.39, 0.29) is 0 Å². The fraction of sp³-hybridized carbons (Fsp3) is 0.200. The molecule has 0 atom stereocenters. The fourth-order valence-electron chi connectivity index (χ4n) is 0.791. The third-order valence-electron chi connectivity index (χ3n) is 1.31. The van der Waals surface area contributed by atoms with Crippen molar-refractivity contribution < 1.29 is 0 Å². The summed E-state index contributed by atoms with van der Waals surface area (Å²) in [7, 11) is 0. The second-order valence-electron chi connectivity index (χ2n) is 1.97. The Kier molecular flexibility index (Phi) is 0.913. The predicted octanol–water partition coefficient (Wildman–Crippen LogP) is 0.0563. The molecule has 0 aliphatic heterocycles. The van der Waals surface area contributed by atoms with Crippen LogP contribution in [0.1, 0.15) is 5.69 Å². The molecule has 50 valence electrons. The number of rotatable bonds is 0. The number of aromatic nitrogens is 5. The van der Waals surface area contributed by atoms with Crippen molar-refractivity contribution in [2.75, 3.05) is 0 Å².